The van der Waals surface area contributed by atoms with Crippen molar-refractivity contribution in [3.05, 3.63) is 0 Å². The van der Waals surface area contributed by atoms with Gasteiger partial charge in [-0.1, -0.05) is 6.92 Å². The molecule has 2 amide bonds. The summed E-state index contributed by atoms with van der Waals surface area (Å²) in [7, 11) is 0. The van der Waals surface area contributed by atoms with Crippen LogP contribution in [0.25, 0.3) is 0 Å². The Balaban J connectivity index is 1.72. The average Bonchev–Trinajstić information content (AvgIpc) is 2.76. The van der Waals surface area contributed by atoms with E-state index in [2.05, 4.69) is 22.5 Å². The van der Waals surface area contributed by atoms with Crippen molar-refractivity contribution in [1.82, 2.24) is 20.4 Å². The molecule has 6 heteroatoms. The maximum atomic E-state index is 12.1. The van der Waals surface area contributed by atoms with Crippen molar-refractivity contribution in [2.75, 3.05) is 52.4 Å². The minimum atomic E-state index is -0.443. The van der Waals surface area contributed by atoms with Gasteiger partial charge in [0.15, 0.2) is 0 Å². The fraction of sp³-hybridized carbons (Fsp3) is 0.857. The smallest absolute Gasteiger partial charge is 0.311 e. The van der Waals surface area contributed by atoms with Gasteiger partial charge in [-0.25, -0.2) is 0 Å². The van der Waals surface area contributed by atoms with Crippen molar-refractivity contribution in [2.45, 2.75) is 19.8 Å². The van der Waals surface area contributed by atoms with Crippen molar-refractivity contribution in [3.63, 3.8) is 0 Å². The molecule has 0 aromatic carbocycles. The monoisotopic (exact) mass is 282 g/mol. The van der Waals surface area contributed by atoms with Crippen molar-refractivity contribution in [1.29, 1.82) is 0 Å². The molecule has 6 nitrogen and oxygen atoms in total. The molecule has 114 valence electrons. The van der Waals surface area contributed by atoms with Gasteiger partial charge < -0.3 is 20.4 Å². The molecule has 2 aliphatic heterocycles. The predicted molar refractivity (Wildman–Crippen MR) is 77.3 cm³/mol. The molecule has 2 N–H and O–H groups in total. The predicted octanol–water partition coefficient (Wildman–Crippen LogP) is -0.734. The highest BCUT2D eigenvalue weighted by atomic mass is 16.2. The van der Waals surface area contributed by atoms with E-state index in [4.69, 9.17) is 0 Å². The van der Waals surface area contributed by atoms with Crippen LogP contribution in [-0.4, -0.2) is 74.0 Å². The van der Waals surface area contributed by atoms with Gasteiger partial charge >= 0.3 is 11.8 Å². The molecule has 2 aliphatic rings. The van der Waals surface area contributed by atoms with Gasteiger partial charge in [0.05, 0.1) is 0 Å². The van der Waals surface area contributed by atoms with Crippen LogP contribution in [0, 0.1) is 5.92 Å². The summed E-state index contributed by atoms with van der Waals surface area (Å²) in [5.41, 5.74) is 0. The molecule has 2 saturated heterocycles. The average molecular weight is 282 g/mol. The van der Waals surface area contributed by atoms with Crippen molar-refractivity contribution in [2.24, 2.45) is 5.92 Å². The van der Waals surface area contributed by atoms with Crippen LogP contribution >= 0.6 is 0 Å². The minimum Gasteiger partial charge on any atom is -0.348 e. The van der Waals surface area contributed by atoms with Crippen LogP contribution in [0.1, 0.15) is 19.8 Å². The quantitative estimate of drug-likeness (QED) is 0.670. The minimum absolute atomic E-state index is 0.376. The van der Waals surface area contributed by atoms with Crippen LogP contribution in [0.2, 0.25) is 0 Å². The highest BCUT2D eigenvalue weighted by Crippen LogP contribution is 2.14. The lowest BCUT2D eigenvalue weighted by molar-refractivity contribution is -0.145. The summed E-state index contributed by atoms with van der Waals surface area (Å²) in [5, 5.41) is 6.04. The maximum absolute atomic E-state index is 12.1. The number of carbonyl (C=O) groups is 2. The third kappa shape index (κ3) is 4.18. The Hall–Kier alpha value is -1.14. The first-order valence-electron chi connectivity index (χ1n) is 7.71. The first kappa shape index (κ1) is 15.3. The Bertz CT molecular complexity index is 340. The van der Waals surface area contributed by atoms with E-state index in [9.17, 15) is 9.59 Å². The molecule has 2 rings (SSSR count). The second-order valence-electron chi connectivity index (χ2n) is 5.65. The molecule has 0 aliphatic carbocycles. The molecule has 0 spiro atoms. The van der Waals surface area contributed by atoms with Crippen LogP contribution in [-0.2, 0) is 9.59 Å². The van der Waals surface area contributed by atoms with Gasteiger partial charge in [0.1, 0.15) is 0 Å². The molecular weight excluding hydrogens is 256 g/mol. The maximum Gasteiger partial charge on any atom is 0.311 e. The highest BCUT2D eigenvalue weighted by molar-refractivity contribution is 6.35. The molecule has 0 aromatic rings. The molecule has 0 radical (unpaired) electrons. The lowest BCUT2D eigenvalue weighted by Crippen LogP contribution is -2.45. The molecule has 0 bridgehead atoms. The number of likely N-dealkylation sites (tertiary alicyclic amines) is 1. The number of hydrogen-bond donors (Lipinski definition) is 2. The van der Waals surface area contributed by atoms with Gasteiger partial charge in [-0.3, -0.25) is 9.59 Å². The topological polar surface area (TPSA) is 64.7 Å². The molecule has 1 unspecified atom stereocenters. The third-order valence-electron chi connectivity index (χ3n) is 4.19. The second-order valence-corrected chi connectivity index (χ2v) is 5.65. The normalized spacial score (nSPS) is 24.4. The fourth-order valence-corrected chi connectivity index (χ4v) is 2.87. The molecule has 20 heavy (non-hydrogen) atoms. The zero-order chi connectivity index (χ0) is 14.4. The lowest BCUT2D eigenvalue weighted by Gasteiger charge is -2.20. The first-order valence-corrected chi connectivity index (χ1v) is 7.71. The van der Waals surface area contributed by atoms with Crippen LogP contribution in [0.4, 0.5) is 0 Å². The Kier molecular flexibility index (Phi) is 5.79. The number of amides is 2. The summed E-state index contributed by atoms with van der Waals surface area (Å²) >= 11 is 0. The van der Waals surface area contributed by atoms with Gasteiger partial charge in [0.25, 0.3) is 0 Å². The molecule has 2 heterocycles. The summed E-state index contributed by atoms with van der Waals surface area (Å²) in [6.07, 6.45) is 2.02. The Morgan fingerprint density at radius 2 is 2.10 bits per heavy atom. The van der Waals surface area contributed by atoms with E-state index in [1.807, 2.05) is 0 Å². The Labute approximate surface area is 120 Å². The van der Waals surface area contributed by atoms with E-state index >= 15 is 0 Å². The molecule has 0 aromatic heterocycles. The van der Waals surface area contributed by atoms with Crippen molar-refractivity contribution >= 4 is 11.8 Å². The van der Waals surface area contributed by atoms with Crippen LogP contribution in [0.3, 0.4) is 0 Å². The fourth-order valence-electron chi connectivity index (χ4n) is 2.87. The Morgan fingerprint density at radius 3 is 2.85 bits per heavy atom. The largest absolute Gasteiger partial charge is 0.348 e. The van der Waals surface area contributed by atoms with Gasteiger partial charge in [-0.05, 0) is 38.4 Å². The lowest BCUT2D eigenvalue weighted by atomic mass is 10.1. The summed E-state index contributed by atoms with van der Waals surface area (Å²) < 4.78 is 0. The van der Waals surface area contributed by atoms with E-state index in [-0.39, 0.29) is 5.91 Å². The number of rotatable bonds is 3. The number of nitrogens with one attached hydrogen (secondary N) is 2. The van der Waals surface area contributed by atoms with Gasteiger partial charge in [0, 0.05) is 32.7 Å². The third-order valence-corrected chi connectivity index (χ3v) is 4.19. The van der Waals surface area contributed by atoms with E-state index in [1.165, 1.54) is 0 Å². The number of carbonyl (C=O) groups excluding carboxylic acids is 2. The standard InChI is InChI=1S/C14H26N4O2/c1-2-17-8-4-12(11-17)10-16-13(19)14(20)18-7-3-5-15-6-9-18/h12,15H,2-11H2,1H3,(H,16,19). The van der Waals surface area contributed by atoms with E-state index in [0.29, 0.717) is 25.6 Å². The SMILES string of the molecule is CCN1CCC(CNC(=O)C(=O)N2CCCNCC2)C1. The van der Waals surface area contributed by atoms with Gasteiger partial charge in [-0.2, -0.15) is 0 Å². The molecule has 0 saturated carbocycles. The summed E-state index contributed by atoms with van der Waals surface area (Å²) in [6, 6.07) is 0. The summed E-state index contributed by atoms with van der Waals surface area (Å²) in [6.45, 7) is 8.94. The molecule has 1 atom stereocenters. The second kappa shape index (κ2) is 7.59. The van der Waals surface area contributed by atoms with Crippen LogP contribution in [0.5, 0.6) is 0 Å². The van der Waals surface area contributed by atoms with E-state index in [0.717, 1.165) is 45.6 Å². The van der Waals surface area contributed by atoms with Gasteiger partial charge in [0.2, 0.25) is 0 Å². The van der Waals surface area contributed by atoms with E-state index < -0.39 is 5.91 Å². The zero-order valence-corrected chi connectivity index (χ0v) is 12.4. The summed E-state index contributed by atoms with van der Waals surface area (Å²) in [4.78, 5) is 28.0. The van der Waals surface area contributed by atoms with Crippen molar-refractivity contribution in [3.8, 4) is 0 Å². The molecular formula is C14H26N4O2. The number of hydrogen-bond acceptors (Lipinski definition) is 4. The Morgan fingerprint density at radius 1 is 1.25 bits per heavy atom. The zero-order valence-electron chi connectivity index (χ0n) is 12.4. The van der Waals surface area contributed by atoms with Crippen LogP contribution in [0.15, 0.2) is 0 Å². The van der Waals surface area contributed by atoms with Gasteiger partial charge in [-0.15, -0.1) is 0 Å². The number of nitrogens with zero attached hydrogens (tertiary/aromatic N) is 2. The highest BCUT2D eigenvalue weighted by Gasteiger charge is 2.25. The van der Waals surface area contributed by atoms with Crippen molar-refractivity contribution < 1.29 is 9.59 Å². The van der Waals surface area contributed by atoms with E-state index in [1.54, 1.807) is 4.90 Å². The first-order chi connectivity index (χ1) is 9.70. The summed E-state index contributed by atoms with van der Waals surface area (Å²) in [5.74, 6) is -0.335. The molecule has 2 fully saturated rings. The van der Waals surface area contributed by atoms with Crippen LogP contribution < -0.4 is 10.6 Å².